The Morgan fingerprint density at radius 2 is 1.91 bits per heavy atom. The number of carbonyl (C=O) groups excluding carboxylic acids is 1. The normalized spacial score (nSPS) is 14.4. The van der Waals surface area contributed by atoms with Crippen LogP contribution in [0, 0.1) is 12.8 Å². The molecule has 5 rings (SSSR count). The van der Waals surface area contributed by atoms with E-state index in [9.17, 15) is 9.59 Å². The van der Waals surface area contributed by atoms with Crippen molar-refractivity contribution in [2.24, 2.45) is 5.92 Å². The van der Waals surface area contributed by atoms with Crippen molar-refractivity contribution in [1.82, 2.24) is 24.5 Å². The second-order valence-corrected chi connectivity index (χ2v) is 10.8. The van der Waals surface area contributed by atoms with E-state index < -0.39 is 0 Å². The molecule has 1 aliphatic rings. The van der Waals surface area contributed by atoms with Crippen LogP contribution in [0.5, 0.6) is 0 Å². The lowest BCUT2D eigenvalue weighted by atomic mass is 10.1. The summed E-state index contributed by atoms with van der Waals surface area (Å²) in [4.78, 5) is 26.5. The van der Waals surface area contributed by atoms with Gasteiger partial charge in [0.2, 0.25) is 5.78 Å². The Kier molecular flexibility index (Phi) is 6.65. The lowest BCUT2D eigenvalue weighted by Crippen LogP contribution is -2.32. The Morgan fingerprint density at radius 1 is 1.14 bits per heavy atom. The van der Waals surface area contributed by atoms with Crippen LogP contribution in [0.2, 0.25) is 0 Å². The average Bonchev–Trinajstić information content (AvgIpc) is 3.51. The standard InChI is InChI=1S/C27H31N5O2S/c1-17(2)15-31-25(34)22-13-12-19(24(33)28-21-10-6-7-11-21)14-23(22)32-26(31)29-30-27(32)35-16-20-9-5-4-8-18(20)3/h4-5,8-9,12-14,17,21H,6-7,10-11,15-16H2,1-3H3,(H,28,33). The van der Waals surface area contributed by atoms with Crippen LogP contribution >= 0.6 is 11.8 Å². The Labute approximate surface area is 208 Å². The molecule has 1 aliphatic carbocycles. The van der Waals surface area contributed by atoms with Gasteiger partial charge in [-0.2, -0.15) is 0 Å². The molecule has 35 heavy (non-hydrogen) atoms. The van der Waals surface area contributed by atoms with E-state index in [-0.39, 0.29) is 23.4 Å². The summed E-state index contributed by atoms with van der Waals surface area (Å²) in [7, 11) is 0. The molecule has 0 atom stereocenters. The minimum atomic E-state index is -0.105. The summed E-state index contributed by atoms with van der Waals surface area (Å²) >= 11 is 1.59. The molecule has 1 saturated carbocycles. The first-order valence-corrected chi connectivity index (χ1v) is 13.3. The molecule has 0 unspecified atom stereocenters. The number of nitrogens with zero attached hydrogens (tertiary/aromatic N) is 4. The summed E-state index contributed by atoms with van der Waals surface area (Å²) < 4.78 is 3.64. The van der Waals surface area contributed by atoms with Crippen molar-refractivity contribution in [3.63, 3.8) is 0 Å². The van der Waals surface area contributed by atoms with Crippen LogP contribution in [-0.4, -0.2) is 31.1 Å². The first-order valence-electron chi connectivity index (χ1n) is 12.3. The van der Waals surface area contributed by atoms with Gasteiger partial charge in [-0.1, -0.05) is 62.7 Å². The lowest BCUT2D eigenvalue weighted by molar-refractivity contribution is 0.0938. The van der Waals surface area contributed by atoms with Gasteiger partial charge in [0.15, 0.2) is 5.16 Å². The van der Waals surface area contributed by atoms with E-state index in [1.165, 1.54) is 11.1 Å². The molecule has 4 aromatic rings. The van der Waals surface area contributed by atoms with Crippen molar-refractivity contribution < 1.29 is 4.79 Å². The number of hydrogen-bond donors (Lipinski definition) is 1. The minimum Gasteiger partial charge on any atom is -0.349 e. The summed E-state index contributed by atoms with van der Waals surface area (Å²) in [6, 6.07) is 13.9. The van der Waals surface area contributed by atoms with Crippen LogP contribution in [0.15, 0.2) is 52.4 Å². The summed E-state index contributed by atoms with van der Waals surface area (Å²) in [6.45, 7) is 6.80. The monoisotopic (exact) mass is 489 g/mol. The Balaban J connectivity index is 1.61. The second kappa shape index (κ2) is 9.85. The van der Waals surface area contributed by atoms with Crippen LogP contribution in [0.1, 0.15) is 61.0 Å². The fraction of sp³-hybridized carbons (Fsp3) is 0.407. The number of fused-ring (bicyclic) bond motifs is 3. The molecule has 0 saturated heterocycles. The molecule has 2 aromatic carbocycles. The highest BCUT2D eigenvalue weighted by atomic mass is 32.2. The third kappa shape index (κ3) is 4.72. The number of benzene rings is 2. The smallest absolute Gasteiger partial charge is 0.262 e. The van der Waals surface area contributed by atoms with Crippen LogP contribution in [0.3, 0.4) is 0 Å². The zero-order chi connectivity index (χ0) is 24.5. The van der Waals surface area contributed by atoms with Gasteiger partial charge in [0.25, 0.3) is 11.5 Å². The molecule has 2 heterocycles. The molecule has 8 heteroatoms. The first kappa shape index (κ1) is 23.6. The molecule has 7 nitrogen and oxygen atoms in total. The van der Waals surface area contributed by atoms with Crippen LogP contribution in [-0.2, 0) is 12.3 Å². The van der Waals surface area contributed by atoms with Gasteiger partial charge in [0.1, 0.15) is 0 Å². The fourth-order valence-electron chi connectivity index (χ4n) is 4.80. The summed E-state index contributed by atoms with van der Waals surface area (Å²) in [5.41, 5.74) is 3.57. The molecule has 0 aliphatic heterocycles. The van der Waals surface area contributed by atoms with Gasteiger partial charge >= 0.3 is 0 Å². The quantitative estimate of drug-likeness (QED) is 0.371. The molecule has 0 bridgehead atoms. The van der Waals surface area contributed by atoms with E-state index in [1.807, 2.05) is 22.6 Å². The summed E-state index contributed by atoms with van der Waals surface area (Å²) in [5.74, 6) is 1.42. The van der Waals surface area contributed by atoms with Gasteiger partial charge in [-0.15, -0.1) is 10.2 Å². The third-order valence-electron chi connectivity index (χ3n) is 6.69. The zero-order valence-electron chi connectivity index (χ0n) is 20.5. The highest BCUT2D eigenvalue weighted by Gasteiger charge is 2.21. The van der Waals surface area contributed by atoms with Crippen LogP contribution < -0.4 is 10.9 Å². The number of nitrogens with one attached hydrogen (secondary N) is 1. The van der Waals surface area contributed by atoms with E-state index in [1.54, 1.807) is 28.5 Å². The van der Waals surface area contributed by atoms with Gasteiger partial charge in [-0.25, -0.2) is 0 Å². The Bertz CT molecular complexity index is 1450. The average molecular weight is 490 g/mol. The predicted octanol–water partition coefficient (Wildman–Crippen LogP) is 4.97. The van der Waals surface area contributed by atoms with E-state index >= 15 is 0 Å². The van der Waals surface area contributed by atoms with Gasteiger partial charge < -0.3 is 5.32 Å². The number of rotatable bonds is 7. The van der Waals surface area contributed by atoms with Crippen molar-refractivity contribution in [3.8, 4) is 0 Å². The lowest BCUT2D eigenvalue weighted by Gasteiger charge is -2.15. The first-order chi connectivity index (χ1) is 16.9. The highest BCUT2D eigenvalue weighted by Crippen LogP contribution is 2.27. The molecule has 182 valence electrons. The predicted molar refractivity (Wildman–Crippen MR) is 140 cm³/mol. The zero-order valence-corrected chi connectivity index (χ0v) is 21.3. The Hall–Kier alpha value is -3.13. The number of thioether (sulfide) groups is 1. The molecule has 0 radical (unpaired) electrons. The van der Waals surface area contributed by atoms with Crippen molar-refractivity contribution in [1.29, 1.82) is 0 Å². The second-order valence-electron chi connectivity index (χ2n) is 9.83. The Morgan fingerprint density at radius 3 is 2.66 bits per heavy atom. The number of amides is 1. The molecular formula is C27H31N5O2S. The molecule has 1 N–H and O–H groups in total. The highest BCUT2D eigenvalue weighted by molar-refractivity contribution is 7.98. The molecule has 2 aromatic heterocycles. The van der Waals surface area contributed by atoms with Crippen molar-refractivity contribution in [2.75, 3.05) is 0 Å². The fourth-order valence-corrected chi connectivity index (χ4v) is 5.82. The maximum atomic E-state index is 13.4. The minimum absolute atomic E-state index is 0.0968. The van der Waals surface area contributed by atoms with E-state index in [0.29, 0.717) is 33.9 Å². The molecule has 1 fully saturated rings. The summed E-state index contributed by atoms with van der Waals surface area (Å²) in [6.07, 6.45) is 4.35. The van der Waals surface area contributed by atoms with Crippen LogP contribution in [0.4, 0.5) is 0 Å². The number of aryl methyl sites for hydroxylation is 1. The number of carbonyl (C=O) groups is 1. The van der Waals surface area contributed by atoms with Crippen molar-refractivity contribution >= 4 is 34.3 Å². The largest absolute Gasteiger partial charge is 0.349 e. The maximum absolute atomic E-state index is 13.4. The van der Waals surface area contributed by atoms with Gasteiger partial charge in [-0.3, -0.25) is 18.6 Å². The van der Waals surface area contributed by atoms with Crippen molar-refractivity contribution in [3.05, 3.63) is 69.5 Å². The molecule has 1 amide bonds. The van der Waals surface area contributed by atoms with Gasteiger partial charge in [-0.05, 0) is 55.0 Å². The molecular weight excluding hydrogens is 458 g/mol. The molecule has 0 spiro atoms. The van der Waals surface area contributed by atoms with E-state index in [0.717, 1.165) is 31.4 Å². The van der Waals surface area contributed by atoms with E-state index in [2.05, 4.69) is 48.4 Å². The third-order valence-corrected chi connectivity index (χ3v) is 7.67. The van der Waals surface area contributed by atoms with Crippen molar-refractivity contribution in [2.45, 2.75) is 70.0 Å². The number of hydrogen-bond acceptors (Lipinski definition) is 5. The maximum Gasteiger partial charge on any atom is 0.262 e. The summed E-state index contributed by atoms with van der Waals surface area (Å²) in [5, 5.41) is 13.3. The van der Waals surface area contributed by atoms with E-state index in [4.69, 9.17) is 0 Å². The SMILES string of the molecule is Cc1ccccc1CSc1nnc2n(CC(C)C)c(=O)c3ccc(C(=O)NC4CCCC4)cc3n12. The van der Waals surface area contributed by atoms with Crippen LogP contribution in [0.25, 0.3) is 16.7 Å². The van der Waals surface area contributed by atoms with Gasteiger partial charge in [0.05, 0.1) is 10.9 Å². The van der Waals surface area contributed by atoms with Gasteiger partial charge in [0, 0.05) is 23.9 Å². The topological polar surface area (TPSA) is 81.3 Å². The number of aromatic nitrogens is 4.